The van der Waals surface area contributed by atoms with E-state index in [4.69, 9.17) is 16.3 Å². The Balaban J connectivity index is 1.46. The highest BCUT2D eigenvalue weighted by Crippen LogP contribution is 2.20. The minimum absolute atomic E-state index is 0.318. The molecule has 5 nitrogen and oxygen atoms in total. The molecule has 30 heavy (non-hydrogen) atoms. The second-order valence-corrected chi connectivity index (χ2v) is 6.89. The van der Waals surface area contributed by atoms with Crippen LogP contribution in [0.25, 0.3) is 10.9 Å². The standard InChI is InChI=1S/C24H18ClN3O2/c25-23-19(14-18-10-4-6-12-21(18)27-23)15-26-28-24(29)20-11-5-7-13-22(20)30-16-17-8-2-1-3-9-17/h1-15H,16H2,(H,28,29)/b26-15+. The maximum absolute atomic E-state index is 12.6. The van der Waals surface area contributed by atoms with Crippen molar-refractivity contribution in [3.63, 3.8) is 0 Å². The smallest absolute Gasteiger partial charge is 0.275 e. The average molecular weight is 416 g/mol. The minimum Gasteiger partial charge on any atom is -0.488 e. The van der Waals surface area contributed by atoms with E-state index in [1.807, 2.05) is 66.7 Å². The average Bonchev–Trinajstić information content (AvgIpc) is 2.79. The lowest BCUT2D eigenvalue weighted by Gasteiger charge is -2.10. The van der Waals surface area contributed by atoms with Gasteiger partial charge < -0.3 is 4.74 Å². The number of carbonyl (C=O) groups excluding carboxylic acids is 1. The molecular formula is C24H18ClN3O2. The fourth-order valence-electron chi connectivity index (χ4n) is 2.94. The summed E-state index contributed by atoms with van der Waals surface area (Å²) in [4.78, 5) is 17.0. The van der Waals surface area contributed by atoms with Crippen LogP contribution < -0.4 is 10.2 Å². The molecule has 0 aliphatic heterocycles. The molecule has 0 fully saturated rings. The first-order chi connectivity index (χ1) is 14.7. The SMILES string of the molecule is O=C(N/N=C/c1cc2ccccc2nc1Cl)c1ccccc1OCc1ccccc1. The zero-order valence-electron chi connectivity index (χ0n) is 16.0. The monoisotopic (exact) mass is 415 g/mol. The normalized spacial score (nSPS) is 11.0. The van der Waals surface area contributed by atoms with Crippen molar-refractivity contribution in [3.8, 4) is 5.75 Å². The maximum atomic E-state index is 12.6. The molecule has 1 aromatic heterocycles. The van der Waals surface area contributed by atoms with Gasteiger partial charge in [0.2, 0.25) is 0 Å². The molecule has 0 unspecified atom stereocenters. The van der Waals surface area contributed by atoms with E-state index in [0.29, 0.717) is 28.6 Å². The molecule has 1 amide bonds. The van der Waals surface area contributed by atoms with Crippen LogP contribution in [0.5, 0.6) is 5.75 Å². The molecule has 0 bridgehead atoms. The van der Waals surface area contributed by atoms with Gasteiger partial charge in [-0.25, -0.2) is 10.4 Å². The number of benzene rings is 3. The Morgan fingerprint density at radius 1 is 1.00 bits per heavy atom. The van der Waals surface area contributed by atoms with Gasteiger partial charge >= 0.3 is 0 Å². The number of nitrogens with zero attached hydrogens (tertiary/aromatic N) is 2. The Morgan fingerprint density at radius 2 is 1.73 bits per heavy atom. The lowest BCUT2D eigenvalue weighted by molar-refractivity contribution is 0.0950. The van der Waals surface area contributed by atoms with E-state index in [9.17, 15) is 4.79 Å². The summed E-state index contributed by atoms with van der Waals surface area (Å²) in [5.74, 6) is 0.110. The molecule has 4 rings (SSSR count). The van der Waals surface area contributed by atoms with Crippen molar-refractivity contribution in [3.05, 3.63) is 107 Å². The van der Waals surface area contributed by atoms with Crippen LogP contribution in [0.3, 0.4) is 0 Å². The van der Waals surface area contributed by atoms with Crippen LogP contribution in [0.4, 0.5) is 0 Å². The highest BCUT2D eigenvalue weighted by molar-refractivity contribution is 6.32. The van der Waals surface area contributed by atoms with Crippen molar-refractivity contribution in [1.82, 2.24) is 10.4 Å². The molecule has 148 valence electrons. The third-order valence-corrected chi connectivity index (χ3v) is 4.75. The number of fused-ring (bicyclic) bond motifs is 1. The minimum atomic E-state index is -0.375. The number of hydrogen-bond donors (Lipinski definition) is 1. The van der Waals surface area contributed by atoms with E-state index in [1.165, 1.54) is 6.21 Å². The third kappa shape index (κ3) is 4.64. The van der Waals surface area contributed by atoms with Crippen molar-refractivity contribution in [1.29, 1.82) is 0 Å². The first kappa shape index (κ1) is 19.6. The van der Waals surface area contributed by atoms with Crippen LogP contribution in [-0.4, -0.2) is 17.1 Å². The van der Waals surface area contributed by atoms with Gasteiger partial charge in [0.1, 0.15) is 17.5 Å². The van der Waals surface area contributed by atoms with Crippen molar-refractivity contribution in [2.75, 3.05) is 0 Å². The summed E-state index contributed by atoms with van der Waals surface area (Å²) in [6, 6.07) is 26.3. The first-order valence-corrected chi connectivity index (χ1v) is 9.73. The Kier molecular flexibility index (Phi) is 6.01. The van der Waals surface area contributed by atoms with Gasteiger partial charge in [-0.05, 0) is 29.8 Å². The second kappa shape index (κ2) is 9.20. The van der Waals surface area contributed by atoms with Crippen LogP contribution in [-0.2, 0) is 6.61 Å². The van der Waals surface area contributed by atoms with Gasteiger partial charge in [-0.3, -0.25) is 4.79 Å². The summed E-state index contributed by atoms with van der Waals surface area (Å²) < 4.78 is 5.83. The molecule has 6 heteroatoms. The summed E-state index contributed by atoms with van der Waals surface area (Å²) >= 11 is 6.23. The van der Waals surface area contributed by atoms with Gasteiger partial charge in [-0.1, -0.05) is 72.3 Å². The van der Waals surface area contributed by atoms with Crippen molar-refractivity contribution in [2.45, 2.75) is 6.61 Å². The second-order valence-electron chi connectivity index (χ2n) is 6.53. The molecule has 0 spiro atoms. The van der Waals surface area contributed by atoms with Crippen LogP contribution in [0.15, 0.2) is 90.0 Å². The highest BCUT2D eigenvalue weighted by atomic mass is 35.5. The Hall–Kier alpha value is -3.70. The quantitative estimate of drug-likeness (QED) is 0.266. The van der Waals surface area contributed by atoms with Crippen molar-refractivity contribution < 1.29 is 9.53 Å². The highest BCUT2D eigenvalue weighted by Gasteiger charge is 2.12. The number of ether oxygens (including phenoxy) is 1. The molecule has 0 saturated carbocycles. The molecule has 4 aromatic rings. The topological polar surface area (TPSA) is 63.6 Å². The number of hydrazone groups is 1. The van der Waals surface area contributed by atoms with Crippen LogP contribution in [0.2, 0.25) is 5.15 Å². The number of amides is 1. The van der Waals surface area contributed by atoms with Gasteiger partial charge in [0.15, 0.2) is 0 Å². The van der Waals surface area contributed by atoms with E-state index < -0.39 is 0 Å². The number of halogens is 1. The predicted molar refractivity (Wildman–Crippen MR) is 119 cm³/mol. The van der Waals surface area contributed by atoms with Gasteiger partial charge in [-0.2, -0.15) is 5.10 Å². The van der Waals surface area contributed by atoms with Gasteiger partial charge in [0.05, 0.1) is 17.3 Å². The lowest BCUT2D eigenvalue weighted by atomic mass is 10.2. The lowest BCUT2D eigenvalue weighted by Crippen LogP contribution is -2.18. The molecule has 1 N–H and O–H groups in total. The van der Waals surface area contributed by atoms with Crippen LogP contribution in [0.1, 0.15) is 21.5 Å². The maximum Gasteiger partial charge on any atom is 0.275 e. The molecular weight excluding hydrogens is 398 g/mol. The number of pyridine rings is 1. The van der Waals surface area contributed by atoms with Gasteiger partial charge in [0.25, 0.3) is 5.91 Å². The Labute approximate surface area is 179 Å². The molecule has 0 radical (unpaired) electrons. The Bertz CT molecular complexity index is 1210. The van der Waals surface area contributed by atoms with E-state index in [0.717, 1.165) is 16.5 Å². The molecule has 0 aliphatic rings. The molecule has 0 aliphatic carbocycles. The molecule has 0 atom stereocenters. The van der Waals surface area contributed by atoms with Crippen molar-refractivity contribution >= 4 is 34.6 Å². The number of para-hydroxylation sites is 2. The fourth-order valence-corrected chi connectivity index (χ4v) is 3.13. The zero-order valence-corrected chi connectivity index (χ0v) is 16.7. The molecule has 1 heterocycles. The summed E-state index contributed by atoms with van der Waals surface area (Å²) in [7, 11) is 0. The third-order valence-electron chi connectivity index (χ3n) is 4.44. The van der Waals surface area contributed by atoms with E-state index in [2.05, 4.69) is 15.5 Å². The summed E-state index contributed by atoms with van der Waals surface area (Å²) in [6.45, 7) is 0.368. The van der Waals surface area contributed by atoms with E-state index >= 15 is 0 Å². The number of aromatic nitrogens is 1. The number of carbonyl (C=O) groups is 1. The summed E-state index contributed by atoms with van der Waals surface area (Å²) in [5.41, 5.74) is 5.35. The largest absolute Gasteiger partial charge is 0.488 e. The van der Waals surface area contributed by atoms with Gasteiger partial charge in [0, 0.05) is 10.9 Å². The molecule has 0 saturated heterocycles. The van der Waals surface area contributed by atoms with Crippen LogP contribution >= 0.6 is 11.6 Å². The summed E-state index contributed by atoms with van der Waals surface area (Å²) in [6.07, 6.45) is 1.48. The first-order valence-electron chi connectivity index (χ1n) is 9.35. The summed E-state index contributed by atoms with van der Waals surface area (Å²) in [5, 5.41) is 5.30. The van der Waals surface area contributed by atoms with Gasteiger partial charge in [-0.15, -0.1) is 0 Å². The van der Waals surface area contributed by atoms with E-state index in [-0.39, 0.29) is 5.91 Å². The number of hydrogen-bond acceptors (Lipinski definition) is 4. The molecule has 3 aromatic carbocycles. The van der Waals surface area contributed by atoms with Crippen molar-refractivity contribution in [2.24, 2.45) is 5.10 Å². The Morgan fingerprint density at radius 3 is 2.60 bits per heavy atom. The predicted octanol–water partition coefficient (Wildman–Crippen LogP) is 5.23. The zero-order chi connectivity index (χ0) is 20.8. The number of rotatable bonds is 6. The van der Waals surface area contributed by atoms with Crippen LogP contribution in [0, 0.1) is 0 Å². The number of nitrogens with one attached hydrogen (secondary N) is 1. The van der Waals surface area contributed by atoms with E-state index in [1.54, 1.807) is 18.2 Å². The fraction of sp³-hybridized carbons (Fsp3) is 0.0417.